The molecule has 0 aliphatic rings. The lowest BCUT2D eigenvalue weighted by Crippen LogP contribution is -2.37. The summed E-state index contributed by atoms with van der Waals surface area (Å²) >= 11 is 0. The Labute approximate surface area is 145 Å². The molecule has 0 aliphatic heterocycles. The van der Waals surface area contributed by atoms with E-state index in [2.05, 4.69) is 0 Å². The molecule has 138 valence electrons. The number of carbonyl (C=O) groups excluding carboxylic acids is 1. The molecule has 1 amide bonds. The molecule has 9 heteroatoms. The van der Waals surface area contributed by atoms with Crippen molar-refractivity contribution in [2.24, 2.45) is 5.73 Å². The number of likely N-dealkylation sites (N-methyl/N-ethyl adjacent to an activating group) is 1. The van der Waals surface area contributed by atoms with Crippen molar-refractivity contribution in [1.29, 1.82) is 0 Å². The van der Waals surface area contributed by atoms with Crippen LogP contribution in [0.15, 0.2) is 24.3 Å². The Bertz CT molecular complexity index is 498. The van der Waals surface area contributed by atoms with Crippen LogP contribution in [0.2, 0.25) is 0 Å². The second kappa shape index (κ2) is 10.4. The van der Waals surface area contributed by atoms with Gasteiger partial charge in [-0.05, 0) is 37.2 Å². The maximum Gasteiger partial charge on any atom is 0.416 e. The highest BCUT2D eigenvalue weighted by Gasteiger charge is 2.30. The number of ether oxygens (including phenoxy) is 1. The molecule has 0 saturated heterocycles. The van der Waals surface area contributed by atoms with Crippen molar-refractivity contribution in [3.8, 4) is 5.75 Å². The number of nitrogens with two attached hydrogens (primary N) is 1. The van der Waals surface area contributed by atoms with Crippen LogP contribution in [-0.2, 0) is 11.0 Å². The van der Waals surface area contributed by atoms with Gasteiger partial charge in [-0.15, -0.1) is 12.4 Å². The molecule has 0 saturated carbocycles. The summed E-state index contributed by atoms with van der Waals surface area (Å²) in [6.07, 6.45) is -4.46. The van der Waals surface area contributed by atoms with Gasteiger partial charge in [0, 0.05) is 20.0 Å². The lowest BCUT2D eigenvalue weighted by Gasteiger charge is -2.21. The van der Waals surface area contributed by atoms with Gasteiger partial charge in [0.05, 0.1) is 5.56 Å². The first-order valence-corrected chi connectivity index (χ1v) is 7.16. The first-order chi connectivity index (χ1) is 10.7. The zero-order valence-corrected chi connectivity index (χ0v) is 14.1. The topological polar surface area (TPSA) is 75.8 Å². The van der Waals surface area contributed by atoms with Gasteiger partial charge in [0.25, 0.3) is 0 Å². The Morgan fingerprint density at radius 1 is 1.33 bits per heavy atom. The van der Waals surface area contributed by atoms with Crippen LogP contribution in [0.1, 0.15) is 18.4 Å². The fraction of sp³-hybridized carbons (Fsp3) is 0.533. The van der Waals surface area contributed by atoms with Crippen LogP contribution in [0.5, 0.6) is 5.75 Å². The standard InChI is InChI=1S/C15H21F3N2O3.ClH/c1-20(14(22)3-2-8-19)9-12(21)10-23-13-6-4-11(5-7-13)15(16,17)18;/h4-7,12,21H,2-3,8-10,19H2,1H3;1H. The van der Waals surface area contributed by atoms with E-state index in [-0.39, 0.29) is 37.2 Å². The van der Waals surface area contributed by atoms with Crippen LogP contribution in [0, 0.1) is 0 Å². The monoisotopic (exact) mass is 370 g/mol. The lowest BCUT2D eigenvalue weighted by molar-refractivity contribution is -0.137. The fourth-order valence-electron chi connectivity index (χ4n) is 1.85. The Hall–Kier alpha value is -1.51. The molecule has 0 aliphatic carbocycles. The molecule has 1 aromatic rings. The number of hydrogen-bond donors (Lipinski definition) is 2. The van der Waals surface area contributed by atoms with E-state index in [1.165, 1.54) is 17.0 Å². The van der Waals surface area contributed by atoms with Gasteiger partial charge in [-0.3, -0.25) is 4.79 Å². The Morgan fingerprint density at radius 3 is 2.42 bits per heavy atom. The van der Waals surface area contributed by atoms with Crippen molar-refractivity contribution in [2.75, 3.05) is 26.7 Å². The van der Waals surface area contributed by atoms with E-state index in [1.807, 2.05) is 0 Å². The zero-order chi connectivity index (χ0) is 17.5. The highest BCUT2D eigenvalue weighted by atomic mass is 35.5. The van der Waals surface area contributed by atoms with Crippen molar-refractivity contribution >= 4 is 18.3 Å². The van der Waals surface area contributed by atoms with Crippen LogP contribution < -0.4 is 10.5 Å². The van der Waals surface area contributed by atoms with Gasteiger partial charge in [0.1, 0.15) is 18.5 Å². The van der Waals surface area contributed by atoms with Gasteiger partial charge in [-0.2, -0.15) is 13.2 Å². The van der Waals surface area contributed by atoms with Crippen LogP contribution in [0.25, 0.3) is 0 Å². The molecule has 24 heavy (non-hydrogen) atoms. The summed E-state index contributed by atoms with van der Waals surface area (Å²) in [5, 5.41) is 9.82. The second-order valence-electron chi connectivity index (χ2n) is 5.15. The first kappa shape index (κ1) is 22.5. The zero-order valence-electron chi connectivity index (χ0n) is 13.3. The number of alkyl halides is 3. The van der Waals surface area contributed by atoms with E-state index in [4.69, 9.17) is 10.5 Å². The van der Waals surface area contributed by atoms with E-state index in [0.29, 0.717) is 19.4 Å². The van der Waals surface area contributed by atoms with Crippen LogP contribution in [-0.4, -0.2) is 48.8 Å². The van der Waals surface area contributed by atoms with Crippen LogP contribution in [0.4, 0.5) is 13.2 Å². The molecule has 0 bridgehead atoms. The molecule has 0 aromatic heterocycles. The number of rotatable bonds is 8. The molecule has 0 radical (unpaired) electrons. The van der Waals surface area contributed by atoms with E-state index in [0.717, 1.165) is 12.1 Å². The average Bonchev–Trinajstić information content (AvgIpc) is 2.50. The Kier molecular flexibility index (Phi) is 9.72. The Balaban J connectivity index is 0.00000529. The second-order valence-corrected chi connectivity index (χ2v) is 5.15. The molecule has 1 unspecified atom stereocenters. The molecule has 1 rings (SSSR count). The first-order valence-electron chi connectivity index (χ1n) is 7.16. The molecule has 0 spiro atoms. The number of aliphatic hydroxyl groups excluding tert-OH is 1. The van der Waals surface area contributed by atoms with Crippen molar-refractivity contribution in [2.45, 2.75) is 25.1 Å². The maximum atomic E-state index is 12.4. The lowest BCUT2D eigenvalue weighted by atomic mass is 10.2. The van der Waals surface area contributed by atoms with E-state index in [1.54, 1.807) is 7.05 Å². The highest BCUT2D eigenvalue weighted by Crippen LogP contribution is 2.30. The molecular weight excluding hydrogens is 349 g/mol. The van der Waals surface area contributed by atoms with Crippen molar-refractivity contribution in [1.82, 2.24) is 4.90 Å². The minimum Gasteiger partial charge on any atom is -0.491 e. The quantitative estimate of drug-likeness (QED) is 0.734. The molecule has 0 heterocycles. The predicted octanol–water partition coefficient (Wildman–Crippen LogP) is 2.06. The summed E-state index contributed by atoms with van der Waals surface area (Å²) in [4.78, 5) is 13.0. The normalized spacial score (nSPS) is 12.2. The number of nitrogens with zero attached hydrogens (tertiary/aromatic N) is 1. The van der Waals surface area contributed by atoms with Gasteiger partial charge >= 0.3 is 6.18 Å². The third-order valence-electron chi connectivity index (χ3n) is 3.13. The molecule has 3 N–H and O–H groups in total. The smallest absolute Gasteiger partial charge is 0.416 e. The number of aliphatic hydroxyl groups is 1. The van der Waals surface area contributed by atoms with E-state index < -0.39 is 17.8 Å². The number of benzene rings is 1. The van der Waals surface area contributed by atoms with Crippen molar-refractivity contribution < 1.29 is 27.8 Å². The summed E-state index contributed by atoms with van der Waals surface area (Å²) < 4.78 is 42.5. The predicted molar refractivity (Wildman–Crippen MR) is 86.1 cm³/mol. The van der Waals surface area contributed by atoms with Gasteiger partial charge < -0.3 is 20.5 Å². The summed E-state index contributed by atoms with van der Waals surface area (Å²) in [5.74, 6) is 0.0817. The molecule has 0 fully saturated rings. The molecule has 5 nitrogen and oxygen atoms in total. The minimum atomic E-state index is -4.40. The van der Waals surface area contributed by atoms with Crippen molar-refractivity contribution in [3.63, 3.8) is 0 Å². The van der Waals surface area contributed by atoms with Gasteiger partial charge in [-0.25, -0.2) is 0 Å². The third-order valence-corrected chi connectivity index (χ3v) is 3.13. The molecule has 1 atom stereocenters. The van der Waals surface area contributed by atoms with E-state index >= 15 is 0 Å². The number of hydrogen-bond acceptors (Lipinski definition) is 4. The minimum absolute atomic E-state index is 0. The highest BCUT2D eigenvalue weighted by molar-refractivity contribution is 5.85. The average molecular weight is 371 g/mol. The number of amides is 1. The fourth-order valence-corrected chi connectivity index (χ4v) is 1.85. The van der Waals surface area contributed by atoms with Crippen molar-refractivity contribution in [3.05, 3.63) is 29.8 Å². The summed E-state index contributed by atoms with van der Waals surface area (Å²) in [6.45, 7) is 0.364. The van der Waals surface area contributed by atoms with Crippen LogP contribution >= 0.6 is 12.4 Å². The van der Waals surface area contributed by atoms with Crippen LogP contribution in [0.3, 0.4) is 0 Å². The van der Waals surface area contributed by atoms with Gasteiger partial charge in [0.15, 0.2) is 0 Å². The molecule has 1 aromatic carbocycles. The summed E-state index contributed by atoms with van der Waals surface area (Å²) in [6, 6.07) is 4.19. The summed E-state index contributed by atoms with van der Waals surface area (Å²) in [7, 11) is 1.56. The number of carbonyl (C=O) groups is 1. The Morgan fingerprint density at radius 2 is 1.92 bits per heavy atom. The summed E-state index contributed by atoms with van der Waals surface area (Å²) in [5.41, 5.74) is 4.55. The SMILES string of the molecule is CN(CC(O)COc1ccc(C(F)(F)F)cc1)C(=O)CCCN.Cl. The largest absolute Gasteiger partial charge is 0.491 e. The maximum absolute atomic E-state index is 12.4. The van der Waals surface area contributed by atoms with Gasteiger partial charge in [0.2, 0.25) is 5.91 Å². The van der Waals surface area contributed by atoms with Gasteiger partial charge in [-0.1, -0.05) is 0 Å². The van der Waals surface area contributed by atoms with E-state index in [9.17, 15) is 23.1 Å². The number of halogens is 4. The third kappa shape index (κ3) is 7.85. The molecular formula is C15H22ClF3N2O3.